The van der Waals surface area contributed by atoms with Gasteiger partial charge in [-0.1, -0.05) is 18.2 Å². The molecule has 6 nitrogen and oxygen atoms in total. The molecular formula is C20H17F2N3O3. The number of ether oxygens (including phenoxy) is 1. The molecule has 0 bridgehead atoms. The normalized spacial score (nSPS) is 15.6. The molecule has 3 N–H and O–H groups in total. The number of fused-ring (bicyclic) bond motifs is 2. The fourth-order valence-corrected chi connectivity index (χ4v) is 3.21. The minimum atomic E-state index is -1.04. The second-order valence-electron chi connectivity index (χ2n) is 6.56. The van der Waals surface area contributed by atoms with Crippen LogP contribution in [0.1, 0.15) is 12.0 Å². The van der Waals surface area contributed by atoms with Crippen LogP contribution >= 0.6 is 0 Å². The van der Waals surface area contributed by atoms with Gasteiger partial charge < -0.3 is 20.4 Å². The van der Waals surface area contributed by atoms with Gasteiger partial charge in [0.05, 0.1) is 17.7 Å². The van der Waals surface area contributed by atoms with E-state index >= 15 is 0 Å². The fraction of sp³-hybridized carbons (Fsp3) is 0.200. The van der Waals surface area contributed by atoms with Gasteiger partial charge in [0.15, 0.2) is 11.6 Å². The summed E-state index contributed by atoms with van der Waals surface area (Å²) in [6.07, 6.45) is 2.71. The third-order valence-corrected chi connectivity index (χ3v) is 4.67. The van der Waals surface area contributed by atoms with Gasteiger partial charge in [0.2, 0.25) is 0 Å². The van der Waals surface area contributed by atoms with E-state index in [0.29, 0.717) is 5.52 Å². The fourth-order valence-electron chi connectivity index (χ4n) is 3.21. The summed E-state index contributed by atoms with van der Waals surface area (Å²) in [5.41, 5.74) is 1.62. The average Bonchev–Trinajstić information content (AvgIpc) is 3.07. The third kappa shape index (κ3) is 3.53. The first-order valence-electron chi connectivity index (χ1n) is 8.81. The number of benzene rings is 2. The van der Waals surface area contributed by atoms with Crippen LogP contribution in [0.25, 0.3) is 10.9 Å². The summed E-state index contributed by atoms with van der Waals surface area (Å²) in [7, 11) is 0. The Balaban J connectivity index is 1.36. The van der Waals surface area contributed by atoms with Gasteiger partial charge in [-0.25, -0.2) is 8.78 Å². The van der Waals surface area contributed by atoms with Crippen molar-refractivity contribution in [2.24, 2.45) is 0 Å². The first-order valence-corrected chi connectivity index (χ1v) is 8.81. The van der Waals surface area contributed by atoms with Gasteiger partial charge in [-0.3, -0.25) is 9.59 Å². The van der Waals surface area contributed by atoms with Crippen LogP contribution in [0.3, 0.4) is 0 Å². The molecular weight excluding hydrogens is 368 g/mol. The summed E-state index contributed by atoms with van der Waals surface area (Å²) in [5.74, 6) is -2.99. The van der Waals surface area contributed by atoms with Crippen LogP contribution in [-0.2, 0) is 16.0 Å². The van der Waals surface area contributed by atoms with Crippen molar-refractivity contribution < 1.29 is 23.1 Å². The number of anilines is 1. The summed E-state index contributed by atoms with van der Waals surface area (Å²) in [4.78, 5) is 26.9. The Kier molecular flexibility index (Phi) is 4.68. The topological polar surface area (TPSA) is 83.2 Å². The molecule has 0 spiro atoms. The molecule has 1 atom stereocenters. The van der Waals surface area contributed by atoms with Gasteiger partial charge >= 0.3 is 11.8 Å². The lowest BCUT2D eigenvalue weighted by Crippen LogP contribution is -2.42. The zero-order chi connectivity index (χ0) is 19.7. The quantitative estimate of drug-likeness (QED) is 0.607. The lowest BCUT2D eigenvalue weighted by molar-refractivity contribution is -0.136. The summed E-state index contributed by atoms with van der Waals surface area (Å²) in [5, 5.41) is 5.22. The number of carbonyl (C=O) groups is 2. The van der Waals surface area contributed by atoms with Gasteiger partial charge in [-0.15, -0.1) is 0 Å². The maximum atomic E-state index is 13.4. The highest BCUT2D eigenvalue weighted by molar-refractivity contribution is 6.40. The molecule has 1 aliphatic rings. The second-order valence-corrected chi connectivity index (χ2v) is 6.56. The Bertz CT molecular complexity index is 1060. The zero-order valence-electron chi connectivity index (χ0n) is 14.7. The van der Waals surface area contributed by atoms with E-state index in [1.165, 1.54) is 6.20 Å². The number of hydrogen-bond acceptors (Lipinski definition) is 3. The summed E-state index contributed by atoms with van der Waals surface area (Å²) in [6, 6.07) is 9.63. The van der Waals surface area contributed by atoms with E-state index in [0.717, 1.165) is 36.3 Å². The molecule has 1 unspecified atom stereocenters. The number of halogens is 2. The molecule has 1 aromatic heterocycles. The van der Waals surface area contributed by atoms with E-state index in [1.54, 1.807) is 0 Å². The van der Waals surface area contributed by atoms with Crippen molar-refractivity contribution >= 4 is 28.4 Å². The predicted molar refractivity (Wildman–Crippen MR) is 99.0 cm³/mol. The predicted octanol–water partition coefficient (Wildman–Crippen LogP) is 2.89. The van der Waals surface area contributed by atoms with Crippen LogP contribution in [-0.4, -0.2) is 29.4 Å². The highest BCUT2D eigenvalue weighted by atomic mass is 19.2. The van der Waals surface area contributed by atoms with Crippen LogP contribution in [0.4, 0.5) is 14.5 Å². The number of carbonyl (C=O) groups excluding carboxylic acids is 2. The molecule has 28 heavy (non-hydrogen) atoms. The zero-order valence-corrected chi connectivity index (χ0v) is 14.7. The van der Waals surface area contributed by atoms with E-state index in [2.05, 4.69) is 15.6 Å². The van der Waals surface area contributed by atoms with Crippen LogP contribution in [0.5, 0.6) is 5.75 Å². The minimum absolute atomic E-state index is 0.189. The van der Waals surface area contributed by atoms with E-state index in [9.17, 15) is 18.4 Å². The minimum Gasteiger partial charge on any atom is -0.488 e. The number of aromatic amines is 1. The molecule has 8 heteroatoms. The number of aromatic nitrogens is 1. The molecule has 144 valence electrons. The van der Waals surface area contributed by atoms with Crippen LogP contribution in [0.2, 0.25) is 0 Å². The van der Waals surface area contributed by atoms with Crippen molar-refractivity contribution in [2.75, 3.05) is 11.9 Å². The maximum Gasteiger partial charge on any atom is 0.313 e. The van der Waals surface area contributed by atoms with Gasteiger partial charge in [0.25, 0.3) is 0 Å². The number of amides is 2. The number of rotatable bonds is 3. The highest BCUT2D eigenvalue weighted by Gasteiger charge is 2.22. The van der Waals surface area contributed by atoms with Crippen molar-refractivity contribution in [1.29, 1.82) is 0 Å². The van der Waals surface area contributed by atoms with Gasteiger partial charge in [0, 0.05) is 17.6 Å². The van der Waals surface area contributed by atoms with E-state index in [1.807, 2.05) is 24.3 Å². The van der Waals surface area contributed by atoms with E-state index in [-0.39, 0.29) is 23.7 Å². The van der Waals surface area contributed by atoms with Crippen LogP contribution in [0.15, 0.2) is 42.6 Å². The molecule has 2 aromatic carbocycles. The monoisotopic (exact) mass is 385 g/mol. The Morgan fingerprint density at radius 3 is 2.79 bits per heavy atom. The first kappa shape index (κ1) is 18.0. The molecule has 4 rings (SSSR count). The Morgan fingerprint density at radius 1 is 1.14 bits per heavy atom. The average molecular weight is 385 g/mol. The number of H-pyrrole nitrogens is 1. The Morgan fingerprint density at radius 2 is 1.93 bits per heavy atom. The molecule has 0 radical (unpaired) electrons. The van der Waals surface area contributed by atoms with E-state index in [4.69, 9.17) is 4.74 Å². The molecule has 2 heterocycles. The summed E-state index contributed by atoms with van der Waals surface area (Å²) in [6.45, 7) is 0.189. The number of aryl methyl sites for hydroxylation is 1. The molecule has 0 aliphatic carbocycles. The summed E-state index contributed by atoms with van der Waals surface area (Å²) < 4.78 is 32.5. The largest absolute Gasteiger partial charge is 0.488 e. The van der Waals surface area contributed by atoms with Crippen LogP contribution in [0, 0.1) is 11.6 Å². The Labute approximate surface area is 158 Å². The third-order valence-electron chi connectivity index (χ3n) is 4.67. The van der Waals surface area contributed by atoms with Gasteiger partial charge in [-0.2, -0.15) is 0 Å². The number of para-hydroxylation sites is 1. The molecule has 3 aromatic rings. The van der Waals surface area contributed by atoms with Crippen molar-refractivity contribution in [3.05, 3.63) is 59.8 Å². The van der Waals surface area contributed by atoms with Crippen molar-refractivity contribution in [1.82, 2.24) is 10.3 Å². The van der Waals surface area contributed by atoms with Crippen molar-refractivity contribution in [3.8, 4) is 5.75 Å². The molecule has 0 fully saturated rings. The SMILES string of the molecule is O=C(NCC1CCc2ccccc2O1)C(=O)Nc1c[nH]c2cc(F)c(F)cc12. The molecule has 0 saturated heterocycles. The van der Waals surface area contributed by atoms with Crippen molar-refractivity contribution in [3.63, 3.8) is 0 Å². The smallest absolute Gasteiger partial charge is 0.313 e. The summed E-state index contributed by atoms with van der Waals surface area (Å²) >= 11 is 0. The maximum absolute atomic E-state index is 13.4. The standard InChI is InChI=1S/C20H17F2N3O3/c21-14-7-13-16(8-15(14)22)23-10-17(13)25-20(27)19(26)24-9-12-6-5-11-3-1-2-4-18(11)28-12/h1-4,7-8,10,12,23H,5-6,9H2,(H,24,26)(H,25,27). The van der Waals surface area contributed by atoms with E-state index < -0.39 is 23.4 Å². The van der Waals surface area contributed by atoms with Crippen LogP contribution < -0.4 is 15.4 Å². The number of hydrogen-bond donors (Lipinski definition) is 3. The lowest BCUT2D eigenvalue weighted by atomic mass is 10.0. The Hall–Kier alpha value is -3.42. The number of nitrogens with one attached hydrogen (secondary N) is 3. The van der Waals surface area contributed by atoms with Gasteiger partial charge in [0.1, 0.15) is 11.9 Å². The first-order chi connectivity index (χ1) is 13.5. The van der Waals surface area contributed by atoms with Gasteiger partial charge in [-0.05, 0) is 30.5 Å². The van der Waals surface area contributed by atoms with Crippen molar-refractivity contribution in [2.45, 2.75) is 18.9 Å². The highest BCUT2D eigenvalue weighted by Crippen LogP contribution is 2.27. The lowest BCUT2D eigenvalue weighted by Gasteiger charge is -2.26. The molecule has 0 saturated carbocycles. The molecule has 1 aliphatic heterocycles. The second kappa shape index (κ2) is 7.30. The molecule has 2 amide bonds.